The molecule has 10 nitrogen and oxygen atoms in total. The predicted octanol–water partition coefficient (Wildman–Crippen LogP) is 2.45. The SMILES string of the molecule is Cc1c([N+](=O)[O-])cc(NC(=O)c2c(Cl)cnn2C)cc1[N+](=O)[O-]. The number of amides is 1. The molecule has 11 heteroatoms. The summed E-state index contributed by atoms with van der Waals surface area (Å²) in [5.74, 6) is -0.692. The second-order valence-electron chi connectivity index (χ2n) is 4.57. The zero-order valence-electron chi connectivity index (χ0n) is 11.9. The van der Waals surface area contributed by atoms with Crippen LogP contribution in [0.15, 0.2) is 18.3 Å². The third-order valence-corrected chi connectivity index (χ3v) is 3.39. The van der Waals surface area contributed by atoms with Gasteiger partial charge < -0.3 is 5.32 Å². The van der Waals surface area contributed by atoms with Crippen LogP contribution < -0.4 is 5.32 Å². The molecule has 0 aliphatic heterocycles. The molecule has 0 atom stereocenters. The number of carbonyl (C=O) groups is 1. The van der Waals surface area contributed by atoms with Crippen molar-refractivity contribution < 1.29 is 14.6 Å². The van der Waals surface area contributed by atoms with Crippen molar-refractivity contribution in [3.8, 4) is 0 Å². The number of hydrogen-bond donors (Lipinski definition) is 1. The number of halogens is 1. The molecule has 1 aromatic heterocycles. The number of benzene rings is 1. The number of nitrogens with zero attached hydrogens (tertiary/aromatic N) is 4. The number of nitro groups is 2. The molecule has 1 N–H and O–H groups in total. The average molecular weight is 340 g/mol. The first-order chi connectivity index (χ1) is 10.7. The van der Waals surface area contributed by atoms with Crippen LogP contribution in [0.3, 0.4) is 0 Å². The normalized spacial score (nSPS) is 10.4. The molecule has 0 saturated carbocycles. The van der Waals surface area contributed by atoms with Gasteiger partial charge in [-0.1, -0.05) is 11.6 Å². The molecule has 1 heterocycles. The minimum absolute atomic E-state index is 0.0255. The van der Waals surface area contributed by atoms with E-state index in [1.54, 1.807) is 0 Å². The number of carbonyl (C=O) groups excluding carboxylic acids is 1. The highest BCUT2D eigenvalue weighted by Gasteiger charge is 2.24. The van der Waals surface area contributed by atoms with E-state index in [2.05, 4.69) is 10.4 Å². The molecule has 2 rings (SSSR count). The molecule has 0 aliphatic rings. The topological polar surface area (TPSA) is 133 Å². The zero-order chi connectivity index (χ0) is 17.3. The predicted molar refractivity (Wildman–Crippen MR) is 80.7 cm³/mol. The first-order valence-corrected chi connectivity index (χ1v) is 6.52. The van der Waals surface area contributed by atoms with E-state index >= 15 is 0 Å². The first kappa shape index (κ1) is 16.4. The molecule has 0 aliphatic carbocycles. The Morgan fingerprint density at radius 3 is 2.17 bits per heavy atom. The van der Waals surface area contributed by atoms with Gasteiger partial charge in [-0.05, 0) is 6.92 Å². The molecule has 120 valence electrons. The van der Waals surface area contributed by atoms with Crippen LogP contribution in [-0.4, -0.2) is 25.5 Å². The third-order valence-electron chi connectivity index (χ3n) is 3.11. The van der Waals surface area contributed by atoms with E-state index < -0.39 is 27.1 Å². The van der Waals surface area contributed by atoms with E-state index in [0.717, 1.165) is 12.1 Å². The lowest BCUT2D eigenvalue weighted by Crippen LogP contribution is -2.17. The summed E-state index contributed by atoms with van der Waals surface area (Å²) in [5.41, 5.74) is -1.10. The summed E-state index contributed by atoms with van der Waals surface area (Å²) in [5, 5.41) is 28.2. The highest BCUT2D eigenvalue weighted by atomic mass is 35.5. The number of aromatic nitrogens is 2. The zero-order valence-corrected chi connectivity index (χ0v) is 12.7. The highest BCUT2D eigenvalue weighted by Crippen LogP contribution is 2.32. The lowest BCUT2D eigenvalue weighted by atomic mass is 10.1. The number of aryl methyl sites for hydroxylation is 1. The quantitative estimate of drug-likeness (QED) is 0.671. The Bertz CT molecular complexity index is 777. The Kier molecular flexibility index (Phi) is 4.27. The summed E-state index contributed by atoms with van der Waals surface area (Å²) in [7, 11) is 1.49. The maximum Gasteiger partial charge on any atom is 0.281 e. The van der Waals surface area contributed by atoms with Crippen LogP contribution in [0.1, 0.15) is 16.1 Å². The monoisotopic (exact) mass is 339 g/mol. The average Bonchev–Trinajstić information content (AvgIpc) is 2.79. The molecule has 2 aromatic rings. The van der Waals surface area contributed by atoms with Gasteiger partial charge in [0.15, 0.2) is 0 Å². The molecule has 0 unspecified atom stereocenters. The Balaban J connectivity index is 2.46. The molecule has 0 fully saturated rings. The van der Waals surface area contributed by atoms with Gasteiger partial charge in [0, 0.05) is 19.2 Å². The van der Waals surface area contributed by atoms with Crippen molar-refractivity contribution in [2.75, 3.05) is 5.32 Å². The standard InChI is InChI=1S/C12H10ClN5O5/c1-6-9(17(20)21)3-7(4-10(6)18(22)23)15-12(19)11-8(13)5-14-16(11)2/h3-5H,1-2H3,(H,15,19). The van der Waals surface area contributed by atoms with E-state index in [-0.39, 0.29) is 22.0 Å². The van der Waals surface area contributed by atoms with Crippen molar-refractivity contribution in [2.45, 2.75) is 6.92 Å². The Morgan fingerprint density at radius 2 is 1.78 bits per heavy atom. The van der Waals surface area contributed by atoms with Crippen LogP contribution in [0.25, 0.3) is 0 Å². The van der Waals surface area contributed by atoms with Crippen molar-refractivity contribution in [3.63, 3.8) is 0 Å². The van der Waals surface area contributed by atoms with Gasteiger partial charge in [-0.15, -0.1) is 0 Å². The van der Waals surface area contributed by atoms with Crippen LogP contribution in [0.2, 0.25) is 5.02 Å². The van der Waals surface area contributed by atoms with Crippen LogP contribution in [-0.2, 0) is 7.05 Å². The molecule has 1 amide bonds. The van der Waals surface area contributed by atoms with E-state index in [1.807, 2.05) is 0 Å². The van der Waals surface area contributed by atoms with Gasteiger partial charge in [-0.2, -0.15) is 5.10 Å². The minimum atomic E-state index is -0.755. The number of nitro benzene ring substituents is 2. The van der Waals surface area contributed by atoms with Gasteiger partial charge in [-0.25, -0.2) is 0 Å². The van der Waals surface area contributed by atoms with Crippen molar-refractivity contribution >= 4 is 34.6 Å². The van der Waals surface area contributed by atoms with E-state index in [0.29, 0.717) is 0 Å². The molecule has 0 bridgehead atoms. The Labute approximate surface area is 134 Å². The molecule has 0 spiro atoms. The number of nitrogens with one attached hydrogen (secondary N) is 1. The minimum Gasteiger partial charge on any atom is -0.320 e. The first-order valence-electron chi connectivity index (χ1n) is 6.14. The van der Waals surface area contributed by atoms with Crippen LogP contribution >= 0.6 is 11.6 Å². The molecule has 1 aromatic carbocycles. The Hall–Kier alpha value is -3.01. The van der Waals surface area contributed by atoms with Crippen LogP contribution in [0.5, 0.6) is 0 Å². The fourth-order valence-corrected chi connectivity index (χ4v) is 2.24. The van der Waals surface area contributed by atoms with Crippen molar-refractivity contribution in [2.24, 2.45) is 7.05 Å². The van der Waals surface area contributed by atoms with Gasteiger partial charge in [0.05, 0.1) is 26.8 Å². The van der Waals surface area contributed by atoms with Gasteiger partial charge in [0.2, 0.25) is 0 Å². The van der Waals surface area contributed by atoms with Crippen molar-refractivity contribution in [1.29, 1.82) is 0 Å². The van der Waals surface area contributed by atoms with E-state index in [4.69, 9.17) is 11.6 Å². The molecular formula is C12H10ClN5O5. The summed E-state index contributed by atoms with van der Waals surface area (Å²) in [6.45, 7) is 1.26. The lowest BCUT2D eigenvalue weighted by molar-refractivity contribution is -0.395. The largest absolute Gasteiger partial charge is 0.320 e. The van der Waals surface area contributed by atoms with Crippen LogP contribution in [0.4, 0.5) is 17.1 Å². The Morgan fingerprint density at radius 1 is 1.26 bits per heavy atom. The summed E-state index contributed by atoms with van der Waals surface area (Å²) in [6.07, 6.45) is 1.26. The third kappa shape index (κ3) is 3.11. The number of hydrogen-bond acceptors (Lipinski definition) is 6. The van der Waals surface area contributed by atoms with Crippen molar-refractivity contribution in [1.82, 2.24) is 9.78 Å². The summed E-state index contributed by atoms with van der Waals surface area (Å²) in [4.78, 5) is 32.7. The summed E-state index contributed by atoms with van der Waals surface area (Å²) >= 11 is 5.83. The fourth-order valence-electron chi connectivity index (χ4n) is 1.99. The van der Waals surface area contributed by atoms with Crippen molar-refractivity contribution in [3.05, 3.63) is 54.8 Å². The van der Waals surface area contributed by atoms with E-state index in [9.17, 15) is 25.0 Å². The summed E-state index contributed by atoms with van der Waals surface area (Å²) < 4.78 is 1.22. The second kappa shape index (κ2) is 6.01. The fraction of sp³-hybridized carbons (Fsp3) is 0.167. The van der Waals surface area contributed by atoms with Crippen LogP contribution in [0, 0.1) is 27.2 Å². The van der Waals surface area contributed by atoms with Gasteiger partial charge in [0.1, 0.15) is 11.3 Å². The molecular weight excluding hydrogens is 330 g/mol. The number of anilines is 1. The van der Waals surface area contributed by atoms with Gasteiger partial charge >= 0.3 is 0 Å². The smallest absolute Gasteiger partial charge is 0.281 e. The van der Waals surface area contributed by atoms with E-state index in [1.165, 1.54) is 24.9 Å². The molecule has 0 radical (unpaired) electrons. The summed E-state index contributed by atoms with van der Waals surface area (Å²) in [6, 6.07) is 2.09. The van der Waals surface area contributed by atoms with Gasteiger partial charge in [-0.3, -0.25) is 29.7 Å². The molecule has 23 heavy (non-hydrogen) atoms. The number of rotatable bonds is 4. The maximum atomic E-state index is 12.2. The maximum absolute atomic E-state index is 12.2. The second-order valence-corrected chi connectivity index (χ2v) is 4.98. The lowest BCUT2D eigenvalue weighted by Gasteiger charge is -2.07. The van der Waals surface area contributed by atoms with Gasteiger partial charge in [0.25, 0.3) is 17.3 Å². The highest BCUT2D eigenvalue weighted by molar-refractivity contribution is 6.34. The molecule has 0 saturated heterocycles.